The number of rotatable bonds is 9. The molecule has 3 rings (SSSR count). The van der Waals surface area contributed by atoms with Gasteiger partial charge in [0.05, 0.1) is 19.3 Å². The van der Waals surface area contributed by atoms with E-state index in [0.717, 1.165) is 19.4 Å². The highest BCUT2D eigenvalue weighted by molar-refractivity contribution is 5.64. The van der Waals surface area contributed by atoms with Gasteiger partial charge >= 0.3 is 0 Å². The van der Waals surface area contributed by atoms with Crippen molar-refractivity contribution in [1.29, 1.82) is 0 Å². The summed E-state index contributed by atoms with van der Waals surface area (Å²) in [5, 5.41) is 0. The molecule has 146 valence electrons. The lowest BCUT2D eigenvalue weighted by Crippen LogP contribution is -2.31. The predicted molar refractivity (Wildman–Crippen MR) is 113 cm³/mol. The van der Waals surface area contributed by atoms with Crippen molar-refractivity contribution in [1.82, 2.24) is 0 Å². The van der Waals surface area contributed by atoms with E-state index >= 15 is 0 Å². The van der Waals surface area contributed by atoms with Gasteiger partial charge in [0.15, 0.2) is 0 Å². The number of ether oxygens (including phenoxy) is 2. The van der Waals surface area contributed by atoms with Crippen molar-refractivity contribution in [3.63, 3.8) is 0 Å². The topological polar surface area (TPSA) is 18.5 Å². The molecule has 1 heterocycles. The third-order valence-electron chi connectivity index (χ3n) is 5.57. The highest BCUT2D eigenvalue weighted by atomic mass is 16.6. The van der Waals surface area contributed by atoms with Crippen LogP contribution in [0.5, 0.6) is 0 Å². The van der Waals surface area contributed by atoms with E-state index in [0.29, 0.717) is 6.61 Å². The van der Waals surface area contributed by atoms with Crippen LogP contribution in [0.1, 0.15) is 69.6 Å². The van der Waals surface area contributed by atoms with Gasteiger partial charge < -0.3 is 9.47 Å². The maximum absolute atomic E-state index is 6.11. The molecule has 0 radical (unpaired) electrons. The second-order valence-electron chi connectivity index (χ2n) is 7.65. The van der Waals surface area contributed by atoms with E-state index in [4.69, 9.17) is 9.47 Å². The largest absolute Gasteiger partial charge is 0.373 e. The van der Waals surface area contributed by atoms with E-state index < -0.39 is 0 Å². The molecule has 2 atom stereocenters. The summed E-state index contributed by atoms with van der Waals surface area (Å²) in [5.41, 5.74) is 5.11. The van der Waals surface area contributed by atoms with Crippen molar-refractivity contribution in [3.8, 4) is 11.1 Å². The van der Waals surface area contributed by atoms with Crippen LogP contribution in [0.25, 0.3) is 11.1 Å². The molecule has 27 heavy (non-hydrogen) atoms. The molecule has 1 fully saturated rings. The number of hydrogen-bond acceptors (Lipinski definition) is 2. The molecule has 1 aliphatic heterocycles. The van der Waals surface area contributed by atoms with Gasteiger partial charge in [0.25, 0.3) is 0 Å². The lowest BCUT2D eigenvalue weighted by Gasteiger charge is -2.30. The number of aryl methyl sites for hydroxylation is 1. The molecule has 0 aliphatic carbocycles. The molecular weight excluding hydrogens is 332 g/mol. The molecule has 1 aliphatic rings. The Morgan fingerprint density at radius 2 is 1.41 bits per heavy atom. The fourth-order valence-corrected chi connectivity index (χ4v) is 3.70. The predicted octanol–water partition coefficient (Wildman–Crippen LogP) is 6.73. The summed E-state index contributed by atoms with van der Waals surface area (Å²) in [6, 6.07) is 17.6. The van der Waals surface area contributed by atoms with Crippen molar-refractivity contribution >= 4 is 0 Å². The zero-order chi connectivity index (χ0) is 18.9. The van der Waals surface area contributed by atoms with Gasteiger partial charge in [-0.3, -0.25) is 0 Å². The fourth-order valence-electron chi connectivity index (χ4n) is 3.70. The highest BCUT2D eigenvalue weighted by Gasteiger charge is 2.23. The van der Waals surface area contributed by atoms with E-state index in [2.05, 4.69) is 62.4 Å². The molecule has 2 heteroatoms. The second-order valence-corrected chi connectivity index (χ2v) is 7.65. The standard InChI is InChI=1S/C25H34O2/c1-3-5-6-7-8-9-24-18-27-25(19-26-24)23-16-14-22(15-17-23)21-12-10-20(4-2)11-13-21/h10-17,24-25H,3-9,18-19H2,1-2H3/t24-,25-/m1/s1. The van der Waals surface area contributed by atoms with Crippen molar-refractivity contribution in [2.24, 2.45) is 0 Å². The Bertz CT molecular complexity index is 652. The molecule has 2 aromatic rings. The van der Waals surface area contributed by atoms with Crippen LogP contribution in [0, 0.1) is 0 Å². The Morgan fingerprint density at radius 1 is 0.741 bits per heavy atom. The van der Waals surface area contributed by atoms with E-state index in [1.165, 1.54) is 54.4 Å². The Labute approximate surface area is 164 Å². The van der Waals surface area contributed by atoms with E-state index in [1.54, 1.807) is 0 Å². The highest BCUT2D eigenvalue weighted by Crippen LogP contribution is 2.27. The van der Waals surface area contributed by atoms with Crippen molar-refractivity contribution in [2.75, 3.05) is 13.2 Å². The summed E-state index contributed by atoms with van der Waals surface area (Å²) in [4.78, 5) is 0. The van der Waals surface area contributed by atoms with Crippen LogP contribution in [0.3, 0.4) is 0 Å². The van der Waals surface area contributed by atoms with Crippen LogP contribution in [0.15, 0.2) is 48.5 Å². The molecule has 0 bridgehead atoms. The van der Waals surface area contributed by atoms with Crippen LogP contribution in [-0.2, 0) is 15.9 Å². The van der Waals surface area contributed by atoms with Gasteiger partial charge in [-0.15, -0.1) is 0 Å². The lowest BCUT2D eigenvalue weighted by molar-refractivity contribution is -0.137. The fraction of sp³-hybridized carbons (Fsp3) is 0.520. The van der Waals surface area contributed by atoms with Gasteiger partial charge in [-0.05, 0) is 35.1 Å². The van der Waals surface area contributed by atoms with Crippen LogP contribution < -0.4 is 0 Å². The maximum Gasteiger partial charge on any atom is 0.106 e. The van der Waals surface area contributed by atoms with Gasteiger partial charge in [-0.25, -0.2) is 0 Å². The van der Waals surface area contributed by atoms with Gasteiger partial charge in [0, 0.05) is 0 Å². The number of benzene rings is 2. The SMILES string of the molecule is CCCCCCC[C@@H]1CO[C@@H](c2ccc(-c3ccc(CC)cc3)cc2)CO1. The summed E-state index contributed by atoms with van der Waals surface area (Å²) >= 11 is 0. The van der Waals surface area contributed by atoms with E-state index in [9.17, 15) is 0 Å². The molecule has 2 aromatic carbocycles. The first-order valence-corrected chi connectivity index (χ1v) is 10.7. The van der Waals surface area contributed by atoms with Crippen LogP contribution in [0.2, 0.25) is 0 Å². The number of unbranched alkanes of at least 4 members (excludes halogenated alkanes) is 4. The third kappa shape index (κ3) is 5.92. The Hall–Kier alpha value is -1.64. The second kappa shape index (κ2) is 10.6. The molecule has 0 N–H and O–H groups in total. The smallest absolute Gasteiger partial charge is 0.106 e. The normalized spacial score (nSPS) is 19.9. The first kappa shape index (κ1) is 20.1. The summed E-state index contributed by atoms with van der Waals surface area (Å²) in [5.74, 6) is 0. The van der Waals surface area contributed by atoms with E-state index in [-0.39, 0.29) is 12.2 Å². The van der Waals surface area contributed by atoms with Crippen molar-refractivity contribution < 1.29 is 9.47 Å². The van der Waals surface area contributed by atoms with Crippen LogP contribution in [-0.4, -0.2) is 19.3 Å². The van der Waals surface area contributed by atoms with Gasteiger partial charge in [-0.2, -0.15) is 0 Å². The summed E-state index contributed by atoms with van der Waals surface area (Å²) in [6.45, 7) is 5.84. The Balaban J connectivity index is 1.47. The monoisotopic (exact) mass is 366 g/mol. The van der Waals surface area contributed by atoms with Crippen molar-refractivity contribution in [3.05, 3.63) is 59.7 Å². The quantitative estimate of drug-likeness (QED) is 0.458. The molecule has 0 amide bonds. The maximum atomic E-state index is 6.11. The minimum Gasteiger partial charge on any atom is -0.373 e. The molecule has 0 unspecified atom stereocenters. The Morgan fingerprint density at radius 3 is 2.00 bits per heavy atom. The third-order valence-corrected chi connectivity index (χ3v) is 5.57. The summed E-state index contributed by atoms with van der Waals surface area (Å²) < 4.78 is 12.2. The summed E-state index contributed by atoms with van der Waals surface area (Å²) in [6.07, 6.45) is 9.12. The molecule has 1 saturated heterocycles. The molecule has 0 spiro atoms. The van der Waals surface area contributed by atoms with Gasteiger partial charge in [-0.1, -0.05) is 94.5 Å². The number of hydrogen-bond donors (Lipinski definition) is 0. The molecular formula is C25H34O2. The molecule has 0 aromatic heterocycles. The average molecular weight is 367 g/mol. The van der Waals surface area contributed by atoms with Gasteiger partial charge in [0.1, 0.15) is 6.10 Å². The van der Waals surface area contributed by atoms with Crippen molar-refractivity contribution in [2.45, 2.75) is 71.0 Å². The van der Waals surface area contributed by atoms with Crippen LogP contribution in [0.4, 0.5) is 0 Å². The van der Waals surface area contributed by atoms with E-state index in [1.807, 2.05) is 0 Å². The lowest BCUT2D eigenvalue weighted by atomic mass is 10.00. The minimum absolute atomic E-state index is 0.0675. The Kier molecular flexibility index (Phi) is 7.92. The first-order valence-electron chi connectivity index (χ1n) is 10.7. The first-order chi connectivity index (χ1) is 13.3. The summed E-state index contributed by atoms with van der Waals surface area (Å²) in [7, 11) is 0. The molecule has 0 saturated carbocycles. The zero-order valence-electron chi connectivity index (χ0n) is 17.0. The average Bonchev–Trinajstić information content (AvgIpc) is 2.74. The van der Waals surface area contributed by atoms with Crippen LogP contribution >= 0.6 is 0 Å². The minimum atomic E-state index is 0.0675. The molecule has 2 nitrogen and oxygen atoms in total. The zero-order valence-corrected chi connectivity index (χ0v) is 17.0. The van der Waals surface area contributed by atoms with Gasteiger partial charge in [0.2, 0.25) is 0 Å².